The zero-order valence-electron chi connectivity index (χ0n) is 14.6. The van der Waals surface area contributed by atoms with E-state index < -0.39 is 16.1 Å². The normalized spacial score (nSPS) is 19.8. The van der Waals surface area contributed by atoms with Crippen LogP contribution in [0.2, 0.25) is 0 Å². The molecule has 0 aromatic heterocycles. The molecule has 1 fully saturated rings. The molecule has 0 unspecified atom stereocenters. The molecule has 140 valence electrons. The summed E-state index contributed by atoms with van der Waals surface area (Å²) in [7, 11) is -3.68. The van der Waals surface area contributed by atoms with Crippen LogP contribution in [-0.2, 0) is 10.0 Å². The molecule has 1 aromatic rings. The van der Waals surface area contributed by atoms with Gasteiger partial charge in [0.05, 0.1) is 11.5 Å². The van der Waals surface area contributed by atoms with Gasteiger partial charge in [0, 0.05) is 12.1 Å². The molecule has 1 aliphatic rings. The summed E-state index contributed by atoms with van der Waals surface area (Å²) < 4.78 is 28.0. The van der Waals surface area contributed by atoms with Gasteiger partial charge in [-0.2, -0.15) is 0 Å². The maximum Gasteiger partial charge on any atom is 0.407 e. The van der Waals surface area contributed by atoms with Crippen molar-refractivity contribution in [1.29, 1.82) is 0 Å². The van der Waals surface area contributed by atoms with Crippen LogP contribution in [0.3, 0.4) is 0 Å². The number of benzene rings is 1. The maximum absolute atomic E-state index is 11.2. The lowest BCUT2D eigenvalue weighted by Crippen LogP contribution is -2.41. The number of amides is 1. The summed E-state index contributed by atoms with van der Waals surface area (Å²) in [4.78, 5) is 12.8. The predicted molar refractivity (Wildman–Crippen MR) is 94.1 cm³/mol. The van der Waals surface area contributed by atoms with E-state index in [1.165, 1.54) is 17.0 Å². The molecule has 0 aliphatic carbocycles. The van der Waals surface area contributed by atoms with Crippen molar-refractivity contribution < 1.29 is 23.1 Å². The Morgan fingerprint density at radius 1 is 1.32 bits per heavy atom. The van der Waals surface area contributed by atoms with Crippen molar-refractivity contribution in [3.63, 3.8) is 0 Å². The first kappa shape index (κ1) is 19.5. The van der Waals surface area contributed by atoms with Crippen LogP contribution in [0.4, 0.5) is 4.79 Å². The lowest BCUT2D eigenvalue weighted by molar-refractivity contribution is 0.117. The van der Waals surface area contributed by atoms with Gasteiger partial charge < -0.3 is 14.7 Å². The number of likely N-dealkylation sites (tertiary alicyclic amines) is 1. The van der Waals surface area contributed by atoms with Crippen LogP contribution in [0.25, 0.3) is 0 Å². The van der Waals surface area contributed by atoms with E-state index in [2.05, 4.69) is 0 Å². The number of unbranched alkanes of at least 4 members (excludes halogenated alkanes) is 1. The van der Waals surface area contributed by atoms with Crippen LogP contribution < -0.4 is 9.88 Å². The number of rotatable bonds is 7. The topological polar surface area (TPSA) is 110 Å². The molecule has 1 atom stereocenters. The molecule has 1 aliphatic heterocycles. The molecule has 1 aromatic carbocycles. The third-order valence-corrected chi connectivity index (χ3v) is 5.55. The Balaban J connectivity index is 1.70. The Hall–Kier alpha value is -1.80. The second kappa shape index (κ2) is 7.61. The van der Waals surface area contributed by atoms with E-state index in [-0.39, 0.29) is 10.4 Å². The smallest absolute Gasteiger partial charge is 0.407 e. The zero-order valence-corrected chi connectivity index (χ0v) is 15.5. The predicted octanol–water partition coefficient (Wildman–Crippen LogP) is 2.66. The lowest BCUT2D eigenvalue weighted by atomic mass is 9.93. The fourth-order valence-corrected chi connectivity index (χ4v) is 3.88. The zero-order chi connectivity index (χ0) is 18.7. The van der Waals surface area contributed by atoms with E-state index in [1.807, 2.05) is 13.8 Å². The third kappa shape index (κ3) is 5.34. The molecule has 8 heteroatoms. The Kier molecular flexibility index (Phi) is 5.95. The highest BCUT2D eigenvalue weighted by atomic mass is 32.2. The van der Waals surface area contributed by atoms with E-state index >= 15 is 0 Å². The average molecular weight is 370 g/mol. The Morgan fingerprint density at radius 2 is 1.96 bits per heavy atom. The van der Waals surface area contributed by atoms with Crippen molar-refractivity contribution in [2.24, 2.45) is 11.1 Å². The summed E-state index contributed by atoms with van der Waals surface area (Å²) in [6, 6.07) is 6.02. The second-order valence-corrected chi connectivity index (χ2v) is 8.70. The van der Waals surface area contributed by atoms with E-state index in [1.54, 1.807) is 12.1 Å². The van der Waals surface area contributed by atoms with Crippen LogP contribution in [0.1, 0.15) is 39.5 Å². The number of carboxylic acid groups (broad SMARTS) is 1. The fraction of sp³-hybridized carbons (Fsp3) is 0.588. The summed E-state index contributed by atoms with van der Waals surface area (Å²) in [6.07, 6.45) is 2.83. The molecule has 1 heterocycles. The highest BCUT2D eigenvalue weighted by Gasteiger charge is 2.40. The number of hydrogen-bond donors (Lipinski definition) is 2. The molecule has 7 nitrogen and oxygen atoms in total. The molecule has 0 saturated carbocycles. The van der Waals surface area contributed by atoms with Crippen molar-refractivity contribution in [3.8, 4) is 5.75 Å². The van der Waals surface area contributed by atoms with Gasteiger partial charge in [-0.05, 0) is 69.7 Å². The van der Waals surface area contributed by atoms with Gasteiger partial charge in [0.25, 0.3) is 0 Å². The van der Waals surface area contributed by atoms with Gasteiger partial charge in [0.2, 0.25) is 10.0 Å². The molecular weight excluding hydrogens is 344 g/mol. The van der Waals surface area contributed by atoms with Crippen LogP contribution in [0, 0.1) is 5.92 Å². The largest absolute Gasteiger partial charge is 0.494 e. The average Bonchev–Trinajstić information content (AvgIpc) is 2.81. The van der Waals surface area contributed by atoms with E-state index in [0.29, 0.717) is 24.8 Å². The molecule has 2 rings (SSSR count). The standard InChI is InChI=1S/C17H26N2O5S/c1-17(2)11-13(12-19(17)16(20)21)5-3-4-10-24-14-6-8-15(9-7-14)25(18,22)23/h6-9,13H,3-5,10-12H2,1-2H3,(H,20,21)(H2,18,22,23)/t13-/m0/s1. The van der Waals surface area contributed by atoms with Crippen molar-refractivity contribution in [2.45, 2.75) is 50.0 Å². The number of hydrogen-bond acceptors (Lipinski definition) is 4. The van der Waals surface area contributed by atoms with Gasteiger partial charge in [0.1, 0.15) is 5.75 Å². The van der Waals surface area contributed by atoms with Gasteiger partial charge in [-0.15, -0.1) is 0 Å². The highest BCUT2D eigenvalue weighted by Crippen LogP contribution is 2.35. The van der Waals surface area contributed by atoms with Crippen LogP contribution >= 0.6 is 0 Å². The number of primary sulfonamides is 1. The number of ether oxygens (including phenoxy) is 1. The SMILES string of the molecule is CC1(C)C[C@H](CCCCOc2ccc(S(N)(=O)=O)cc2)CN1C(=O)O. The molecule has 1 saturated heterocycles. The molecule has 0 spiro atoms. The third-order valence-electron chi connectivity index (χ3n) is 4.62. The molecule has 1 amide bonds. The summed E-state index contributed by atoms with van der Waals surface area (Å²) in [6.45, 7) is 5.07. The summed E-state index contributed by atoms with van der Waals surface area (Å²) >= 11 is 0. The first-order valence-electron chi connectivity index (χ1n) is 8.36. The molecule has 3 N–H and O–H groups in total. The Morgan fingerprint density at radius 3 is 2.48 bits per heavy atom. The number of sulfonamides is 1. The van der Waals surface area contributed by atoms with Crippen LogP contribution in [0.5, 0.6) is 5.75 Å². The van der Waals surface area contributed by atoms with E-state index in [9.17, 15) is 18.3 Å². The summed E-state index contributed by atoms with van der Waals surface area (Å²) in [5.41, 5.74) is -0.294. The summed E-state index contributed by atoms with van der Waals surface area (Å²) in [5, 5.41) is 14.3. The quantitative estimate of drug-likeness (QED) is 0.717. The Labute approximate surface area is 148 Å². The van der Waals surface area contributed by atoms with Crippen molar-refractivity contribution in [3.05, 3.63) is 24.3 Å². The van der Waals surface area contributed by atoms with Gasteiger partial charge in [-0.25, -0.2) is 18.4 Å². The monoisotopic (exact) mass is 370 g/mol. The number of nitrogens with zero attached hydrogens (tertiary/aromatic N) is 1. The fourth-order valence-electron chi connectivity index (χ4n) is 3.37. The van der Waals surface area contributed by atoms with Gasteiger partial charge in [0.15, 0.2) is 0 Å². The minimum absolute atomic E-state index is 0.0617. The van der Waals surface area contributed by atoms with Crippen molar-refractivity contribution >= 4 is 16.1 Å². The van der Waals surface area contributed by atoms with Gasteiger partial charge in [-0.1, -0.05) is 0 Å². The Bertz CT molecular complexity index is 700. The molecule has 0 radical (unpaired) electrons. The van der Waals surface area contributed by atoms with E-state index in [4.69, 9.17) is 9.88 Å². The highest BCUT2D eigenvalue weighted by molar-refractivity contribution is 7.89. The second-order valence-electron chi connectivity index (χ2n) is 7.14. The van der Waals surface area contributed by atoms with Gasteiger partial charge in [-0.3, -0.25) is 0 Å². The maximum atomic E-state index is 11.2. The lowest BCUT2D eigenvalue weighted by Gasteiger charge is -2.28. The minimum Gasteiger partial charge on any atom is -0.494 e. The van der Waals surface area contributed by atoms with Crippen LogP contribution in [-0.4, -0.2) is 43.2 Å². The summed E-state index contributed by atoms with van der Waals surface area (Å²) in [5.74, 6) is 0.992. The van der Waals surface area contributed by atoms with Crippen molar-refractivity contribution in [1.82, 2.24) is 4.90 Å². The number of nitrogens with two attached hydrogens (primary N) is 1. The molecule has 0 bridgehead atoms. The van der Waals surface area contributed by atoms with Crippen molar-refractivity contribution in [2.75, 3.05) is 13.2 Å². The molecule has 25 heavy (non-hydrogen) atoms. The van der Waals surface area contributed by atoms with Gasteiger partial charge >= 0.3 is 6.09 Å². The molecular formula is C17H26N2O5S. The van der Waals surface area contributed by atoms with E-state index in [0.717, 1.165) is 25.7 Å². The number of carbonyl (C=O) groups is 1. The van der Waals surface area contributed by atoms with Crippen LogP contribution in [0.15, 0.2) is 29.2 Å². The minimum atomic E-state index is -3.68. The first-order chi connectivity index (χ1) is 11.6. The first-order valence-corrected chi connectivity index (χ1v) is 9.90.